The van der Waals surface area contributed by atoms with E-state index in [0.717, 1.165) is 17.7 Å². The van der Waals surface area contributed by atoms with Crippen molar-refractivity contribution in [1.82, 2.24) is 4.90 Å². The Balaban J connectivity index is 2.15. The van der Waals surface area contributed by atoms with Crippen molar-refractivity contribution in [3.8, 4) is 0 Å². The van der Waals surface area contributed by atoms with Gasteiger partial charge in [-0.15, -0.1) is 0 Å². The second-order valence-corrected chi connectivity index (χ2v) is 4.85. The molecule has 2 aromatic rings. The lowest BCUT2D eigenvalue weighted by Crippen LogP contribution is -2.15. The number of rotatable bonds is 5. The summed E-state index contributed by atoms with van der Waals surface area (Å²) >= 11 is 0. The van der Waals surface area contributed by atoms with Crippen LogP contribution in [-0.4, -0.2) is 16.9 Å². The van der Waals surface area contributed by atoms with E-state index in [2.05, 4.69) is 6.58 Å². The highest BCUT2D eigenvalue weighted by molar-refractivity contribution is 5.63. The summed E-state index contributed by atoms with van der Waals surface area (Å²) in [6.07, 6.45) is 0. The van der Waals surface area contributed by atoms with Crippen LogP contribution in [-0.2, 0) is 6.54 Å². The number of hydrogen-bond acceptors (Lipinski definition) is 3. The average Bonchev–Trinajstić information content (AvgIpc) is 2.48. The van der Waals surface area contributed by atoms with Crippen LogP contribution >= 0.6 is 0 Å². The van der Waals surface area contributed by atoms with E-state index in [1.807, 2.05) is 0 Å². The molecule has 4 nitrogen and oxygen atoms in total. The van der Waals surface area contributed by atoms with Crippen LogP contribution < -0.4 is 0 Å². The summed E-state index contributed by atoms with van der Waals surface area (Å²) < 4.78 is 26.5. The highest BCUT2D eigenvalue weighted by atomic mass is 19.1. The molecule has 0 spiro atoms. The first kappa shape index (κ1) is 15.6. The number of benzene rings is 2. The second-order valence-electron chi connectivity index (χ2n) is 4.85. The van der Waals surface area contributed by atoms with E-state index in [4.69, 9.17) is 0 Å². The lowest BCUT2D eigenvalue weighted by atomic mass is 10.1. The van der Waals surface area contributed by atoms with Gasteiger partial charge in [0.2, 0.25) is 5.82 Å². The van der Waals surface area contributed by atoms with Gasteiger partial charge in [-0.05, 0) is 29.8 Å². The molecule has 0 aliphatic rings. The minimum absolute atomic E-state index is 0.317. The van der Waals surface area contributed by atoms with Crippen molar-refractivity contribution in [2.45, 2.75) is 6.54 Å². The van der Waals surface area contributed by atoms with Crippen molar-refractivity contribution in [3.05, 3.63) is 81.9 Å². The lowest BCUT2D eigenvalue weighted by molar-refractivity contribution is -0.387. The molecule has 0 N–H and O–H groups in total. The van der Waals surface area contributed by atoms with Crippen molar-refractivity contribution in [2.24, 2.45) is 0 Å². The van der Waals surface area contributed by atoms with Gasteiger partial charge in [-0.25, -0.2) is 4.39 Å². The second kappa shape index (κ2) is 6.34. The maximum Gasteiger partial charge on any atom is 0.304 e. The molecule has 0 amide bonds. The number of nitro groups is 1. The molecule has 0 saturated carbocycles. The quantitative estimate of drug-likeness (QED) is 0.620. The van der Waals surface area contributed by atoms with Crippen molar-refractivity contribution in [1.29, 1.82) is 0 Å². The molecule has 0 atom stereocenters. The molecule has 0 saturated heterocycles. The fourth-order valence-corrected chi connectivity index (χ4v) is 2.01. The van der Waals surface area contributed by atoms with Crippen LogP contribution in [0.5, 0.6) is 0 Å². The molecule has 0 aliphatic carbocycles. The van der Waals surface area contributed by atoms with Crippen LogP contribution in [0.15, 0.2) is 49.0 Å². The summed E-state index contributed by atoms with van der Waals surface area (Å²) in [6, 6.07) is 9.66. The zero-order chi connectivity index (χ0) is 16.3. The van der Waals surface area contributed by atoms with Crippen LogP contribution in [0, 0.1) is 21.7 Å². The number of halogens is 2. The van der Waals surface area contributed by atoms with E-state index < -0.39 is 16.4 Å². The smallest absolute Gasteiger partial charge is 0.304 e. The Morgan fingerprint density at radius 1 is 1.23 bits per heavy atom. The van der Waals surface area contributed by atoms with E-state index in [-0.39, 0.29) is 5.82 Å². The van der Waals surface area contributed by atoms with Crippen molar-refractivity contribution in [3.63, 3.8) is 0 Å². The predicted octanol–water partition coefficient (Wildman–Crippen LogP) is 3.98. The summed E-state index contributed by atoms with van der Waals surface area (Å²) in [6.45, 7) is 4.33. The van der Waals surface area contributed by atoms with E-state index in [9.17, 15) is 18.9 Å². The first-order valence-corrected chi connectivity index (χ1v) is 6.47. The monoisotopic (exact) mass is 304 g/mol. The molecule has 0 aromatic heterocycles. The van der Waals surface area contributed by atoms with Gasteiger partial charge in [0.05, 0.1) is 4.92 Å². The van der Waals surface area contributed by atoms with Gasteiger partial charge in [-0.3, -0.25) is 10.1 Å². The maximum atomic E-state index is 13.7. The van der Waals surface area contributed by atoms with Crippen LogP contribution in [0.3, 0.4) is 0 Å². The summed E-state index contributed by atoms with van der Waals surface area (Å²) in [5, 5.41) is 10.6. The Morgan fingerprint density at radius 3 is 2.41 bits per heavy atom. The molecule has 6 heteroatoms. The third kappa shape index (κ3) is 3.46. The van der Waals surface area contributed by atoms with Crippen molar-refractivity contribution >= 4 is 11.4 Å². The van der Waals surface area contributed by atoms with E-state index in [0.29, 0.717) is 17.8 Å². The fraction of sp³-hybridized carbons (Fsp3) is 0.125. The predicted molar refractivity (Wildman–Crippen MR) is 80.0 cm³/mol. The van der Waals surface area contributed by atoms with Gasteiger partial charge in [0, 0.05) is 30.9 Å². The van der Waals surface area contributed by atoms with Crippen LogP contribution in [0.4, 0.5) is 14.5 Å². The molecule has 0 radical (unpaired) electrons. The number of nitrogens with zero attached hydrogens (tertiary/aromatic N) is 2. The highest BCUT2D eigenvalue weighted by Gasteiger charge is 2.16. The first-order valence-electron chi connectivity index (χ1n) is 6.47. The van der Waals surface area contributed by atoms with E-state index >= 15 is 0 Å². The van der Waals surface area contributed by atoms with Crippen LogP contribution in [0.2, 0.25) is 0 Å². The normalized spacial score (nSPS) is 10.3. The molecular weight excluding hydrogens is 290 g/mol. The molecule has 22 heavy (non-hydrogen) atoms. The highest BCUT2D eigenvalue weighted by Crippen LogP contribution is 2.24. The molecule has 2 aromatic carbocycles. The molecule has 0 fully saturated rings. The number of hydrogen-bond donors (Lipinski definition) is 0. The standard InChI is InChI=1S/C16H14F2N2O2/c1-11(13-5-8-16(20(21)22)15(18)9-13)19(2)10-12-3-6-14(17)7-4-12/h3-9H,1,10H2,2H3. The minimum Gasteiger partial charge on any atom is -0.370 e. The van der Waals surface area contributed by atoms with Gasteiger partial charge in [0.1, 0.15) is 5.82 Å². The van der Waals surface area contributed by atoms with E-state index in [1.165, 1.54) is 18.2 Å². The average molecular weight is 304 g/mol. The van der Waals surface area contributed by atoms with Gasteiger partial charge in [-0.1, -0.05) is 18.7 Å². The molecule has 0 unspecified atom stereocenters. The van der Waals surface area contributed by atoms with E-state index in [1.54, 1.807) is 24.1 Å². The van der Waals surface area contributed by atoms with Crippen molar-refractivity contribution in [2.75, 3.05) is 7.05 Å². The topological polar surface area (TPSA) is 46.4 Å². The summed E-state index contributed by atoms with van der Waals surface area (Å²) in [7, 11) is 1.75. The lowest BCUT2D eigenvalue weighted by Gasteiger charge is -2.22. The SMILES string of the molecule is C=C(c1ccc([N+](=O)[O-])c(F)c1)N(C)Cc1ccc(F)cc1. The third-order valence-electron chi connectivity index (χ3n) is 3.27. The summed E-state index contributed by atoms with van der Waals surface area (Å²) in [4.78, 5) is 11.6. The Labute approximate surface area is 126 Å². The molecular formula is C16H14F2N2O2. The minimum atomic E-state index is -0.904. The molecule has 0 bridgehead atoms. The van der Waals surface area contributed by atoms with Gasteiger partial charge in [0.15, 0.2) is 0 Å². The summed E-state index contributed by atoms with van der Waals surface area (Å²) in [5.74, 6) is -1.22. The van der Waals surface area contributed by atoms with Crippen molar-refractivity contribution < 1.29 is 13.7 Å². The maximum absolute atomic E-state index is 13.7. The Hall–Kier alpha value is -2.76. The van der Waals surface area contributed by atoms with Gasteiger partial charge < -0.3 is 4.90 Å². The Kier molecular flexibility index (Phi) is 4.50. The summed E-state index contributed by atoms with van der Waals surface area (Å²) in [5.41, 5.74) is 1.26. The first-order chi connectivity index (χ1) is 10.4. The number of nitro benzene ring substituents is 1. The third-order valence-corrected chi connectivity index (χ3v) is 3.27. The van der Waals surface area contributed by atoms with Crippen LogP contribution in [0.25, 0.3) is 5.70 Å². The fourth-order valence-electron chi connectivity index (χ4n) is 2.01. The molecule has 0 heterocycles. The van der Waals surface area contributed by atoms with Gasteiger partial charge in [0.25, 0.3) is 0 Å². The van der Waals surface area contributed by atoms with Gasteiger partial charge >= 0.3 is 5.69 Å². The molecule has 2 rings (SSSR count). The molecule has 114 valence electrons. The van der Waals surface area contributed by atoms with Gasteiger partial charge in [-0.2, -0.15) is 4.39 Å². The zero-order valence-corrected chi connectivity index (χ0v) is 11.9. The zero-order valence-electron chi connectivity index (χ0n) is 11.9. The largest absolute Gasteiger partial charge is 0.370 e. The van der Waals surface area contributed by atoms with Crippen LogP contribution in [0.1, 0.15) is 11.1 Å². The Bertz CT molecular complexity index is 715. The Morgan fingerprint density at radius 2 is 1.86 bits per heavy atom. The molecule has 0 aliphatic heterocycles.